The Morgan fingerprint density at radius 1 is 1.60 bits per heavy atom. The predicted molar refractivity (Wildman–Crippen MR) is 81.7 cm³/mol. The summed E-state index contributed by atoms with van der Waals surface area (Å²) in [4.78, 5) is 19.7. The van der Waals surface area contributed by atoms with Crippen molar-refractivity contribution in [1.29, 1.82) is 0 Å². The monoisotopic (exact) mass is 311 g/mol. The topological polar surface area (TPSA) is 54.9 Å². The Morgan fingerprint density at radius 3 is 3.00 bits per heavy atom. The molecular formula is C13H14FN3OS2. The maximum absolute atomic E-state index is 13.6. The third kappa shape index (κ3) is 3.16. The van der Waals surface area contributed by atoms with E-state index in [0.29, 0.717) is 27.0 Å². The highest BCUT2D eigenvalue weighted by Crippen LogP contribution is 2.32. The number of nitrogens with zero attached hydrogens (tertiary/aromatic N) is 2. The van der Waals surface area contributed by atoms with Gasteiger partial charge in [-0.1, -0.05) is 18.3 Å². The normalized spacial score (nSPS) is 12.2. The van der Waals surface area contributed by atoms with Crippen molar-refractivity contribution in [3.05, 3.63) is 30.0 Å². The second-order valence-corrected chi connectivity index (χ2v) is 5.71. The van der Waals surface area contributed by atoms with Gasteiger partial charge in [-0.3, -0.25) is 4.79 Å². The van der Waals surface area contributed by atoms with Crippen LogP contribution in [0.5, 0.6) is 0 Å². The van der Waals surface area contributed by atoms with Gasteiger partial charge in [0, 0.05) is 17.9 Å². The van der Waals surface area contributed by atoms with Crippen LogP contribution in [0.3, 0.4) is 0 Å². The Hall–Kier alpha value is -1.47. The zero-order valence-corrected chi connectivity index (χ0v) is 12.8. The third-order valence-corrected chi connectivity index (χ3v) is 4.40. The molecule has 0 bridgehead atoms. The molecule has 1 amide bonds. The second kappa shape index (κ2) is 6.32. The van der Waals surface area contributed by atoms with Gasteiger partial charge in [0.05, 0.1) is 11.3 Å². The van der Waals surface area contributed by atoms with Crippen LogP contribution in [0, 0.1) is 18.8 Å². The molecule has 2 aromatic heterocycles. The summed E-state index contributed by atoms with van der Waals surface area (Å²) in [5.41, 5.74) is 0.997. The summed E-state index contributed by atoms with van der Waals surface area (Å²) in [5, 5.41) is 3.92. The molecule has 4 nitrogen and oxygen atoms in total. The van der Waals surface area contributed by atoms with Gasteiger partial charge in [0.15, 0.2) is 0 Å². The van der Waals surface area contributed by atoms with E-state index >= 15 is 0 Å². The van der Waals surface area contributed by atoms with Crippen molar-refractivity contribution in [3.63, 3.8) is 0 Å². The summed E-state index contributed by atoms with van der Waals surface area (Å²) in [5.74, 6) is -0.417. The summed E-state index contributed by atoms with van der Waals surface area (Å²) in [6.07, 6.45) is 1.39. The molecule has 0 spiro atoms. The highest BCUT2D eigenvalue weighted by atomic mass is 32.1. The van der Waals surface area contributed by atoms with E-state index < -0.39 is 5.95 Å². The second-order valence-electron chi connectivity index (χ2n) is 4.35. The van der Waals surface area contributed by atoms with Crippen molar-refractivity contribution in [2.45, 2.75) is 13.8 Å². The first kappa shape index (κ1) is 14.9. The first-order valence-electron chi connectivity index (χ1n) is 6.03. The summed E-state index contributed by atoms with van der Waals surface area (Å²) in [7, 11) is 0. The average molecular weight is 311 g/mol. The number of aryl methyl sites for hydroxylation is 1. The summed E-state index contributed by atoms with van der Waals surface area (Å²) >= 11 is 5.33. The van der Waals surface area contributed by atoms with Gasteiger partial charge in [-0.05, 0) is 19.1 Å². The molecule has 0 aromatic carbocycles. The number of nitrogens with one attached hydrogen (secondary N) is 1. The first-order valence-corrected chi connectivity index (χ1v) is 7.48. The molecule has 2 heterocycles. The SMILES string of the molecule is Cc1nc(-c2cccnc2F)sc1NC(=O)C(C)CS. The summed E-state index contributed by atoms with van der Waals surface area (Å²) in [6.45, 7) is 3.57. The number of hydrogen-bond acceptors (Lipinski definition) is 5. The molecule has 0 aliphatic rings. The molecule has 20 heavy (non-hydrogen) atoms. The van der Waals surface area contributed by atoms with E-state index in [0.717, 1.165) is 0 Å². The fourth-order valence-corrected chi connectivity index (χ4v) is 2.64. The summed E-state index contributed by atoms with van der Waals surface area (Å²) in [6, 6.07) is 3.26. The van der Waals surface area contributed by atoms with Crippen LogP contribution in [-0.2, 0) is 4.79 Å². The minimum atomic E-state index is -0.567. The molecule has 7 heteroatoms. The lowest BCUT2D eigenvalue weighted by Crippen LogP contribution is -2.21. The van der Waals surface area contributed by atoms with Crippen molar-refractivity contribution >= 4 is 34.9 Å². The minimum absolute atomic E-state index is 0.120. The number of amides is 1. The number of thiazole rings is 1. The molecule has 106 valence electrons. The molecule has 1 unspecified atom stereocenters. The largest absolute Gasteiger partial charge is 0.316 e. The van der Waals surface area contributed by atoms with E-state index in [1.165, 1.54) is 17.5 Å². The zero-order chi connectivity index (χ0) is 14.7. The number of carbonyl (C=O) groups excluding carboxylic acids is 1. The van der Waals surface area contributed by atoms with Crippen molar-refractivity contribution < 1.29 is 9.18 Å². The van der Waals surface area contributed by atoms with Gasteiger partial charge in [0.2, 0.25) is 11.9 Å². The van der Waals surface area contributed by atoms with E-state index in [2.05, 4.69) is 27.9 Å². The molecule has 0 saturated heterocycles. The fourth-order valence-electron chi connectivity index (χ4n) is 1.49. The van der Waals surface area contributed by atoms with E-state index in [4.69, 9.17) is 0 Å². The Labute approximate surface area is 125 Å². The number of thiol groups is 1. The molecule has 0 aliphatic carbocycles. The van der Waals surface area contributed by atoms with Crippen molar-refractivity contribution in [2.75, 3.05) is 11.1 Å². The number of pyridine rings is 1. The molecule has 0 fully saturated rings. The lowest BCUT2D eigenvalue weighted by molar-refractivity contribution is -0.118. The van der Waals surface area contributed by atoms with Gasteiger partial charge in [-0.2, -0.15) is 17.0 Å². The predicted octanol–water partition coefficient (Wildman–Crippen LogP) is 3.16. The number of hydrogen-bond donors (Lipinski definition) is 2. The Morgan fingerprint density at radius 2 is 2.35 bits per heavy atom. The van der Waals surface area contributed by atoms with Gasteiger partial charge in [-0.25, -0.2) is 9.97 Å². The van der Waals surface area contributed by atoms with Crippen molar-refractivity contribution in [1.82, 2.24) is 9.97 Å². The molecule has 0 aliphatic heterocycles. The van der Waals surface area contributed by atoms with Gasteiger partial charge in [0.25, 0.3) is 0 Å². The maximum atomic E-state index is 13.6. The number of carbonyl (C=O) groups is 1. The van der Waals surface area contributed by atoms with E-state index in [1.807, 2.05) is 0 Å². The van der Waals surface area contributed by atoms with Crippen molar-refractivity contribution in [2.24, 2.45) is 5.92 Å². The molecule has 1 atom stereocenters. The zero-order valence-electron chi connectivity index (χ0n) is 11.1. The molecule has 0 radical (unpaired) electrons. The lowest BCUT2D eigenvalue weighted by atomic mass is 10.2. The van der Waals surface area contributed by atoms with Crippen LogP contribution < -0.4 is 5.32 Å². The molecule has 2 rings (SSSR count). The number of aromatic nitrogens is 2. The van der Waals surface area contributed by atoms with E-state index in [9.17, 15) is 9.18 Å². The van der Waals surface area contributed by atoms with E-state index in [1.54, 1.807) is 26.0 Å². The van der Waals surface area contributed by atoms with Gasteiger partial charge in [-0.15, -0.1) is 0 Å². The number of anilines is 1. The smallest absolute Gasteiger partial charge is 0.228 e. The molecule has 0 saturated carbocycles. The van der Waals surface area contributed by atoms with Gasteiger partial charge < -0.3 is 5.32 Å². The molecule has 1 N–H and O–H groups in total. The van der Waals surface area contributed by atoms with Gasteiger partial charge in [0.1, 0.15) is 10.0 Å². The van der Waals surface area contributed by atoms with Crippen LogP contribution in [0.2, 0.25) is 0 Å². The summed E-state index contributed by atoms with van der Waals surface area (Å²) < 4.78 is 13.6. The fraction of sp³-hybridized carbons (Fsp3) is 0.308. The van der Waals surface area contributed by atoms with Crippen LogP contribution in [0.4, 0.5) is 9.39 Å². The molecular weight excluding hydrogens is 297 g/mol. The average Bonchev–Trinajstić information content (AvgIpc) is 2.79. The first-order chi connectivity index (χ1) is 9.52. The minimum Gasteiger partial charge on any atom is -0.316 e. The van der Waals surface area contributed by atoms with E-state index in [-0.39, 0.29) is 11.8 Å². The Kier molecular flexibility index (Phi) is 4.72. The lowest BCUT2D eigenvalue weighted by Gasteiger charge is -2.07. The number of halogens is 1. The maximum Gasteiger partial charge on any atom is 0.228 e. The Bertz CT molecular complexity index is 630. The van der Waals surface area contributed by atoms with Gasteiger partial charge >= 0.3 is 0 Å². The highest BCUT2D eigenvalue weighted by Gasteiger charge is 2.17. The Balaban J connectivity index is 2.27. The molecule has 2 aromatic rings. The van der Waals surface area contributed by atoms with Crippen LogP contribution >= 0.6 is 24.0 Å². The van der Waals surface area contributed by atoms with Crippen LogP contribution in [0.15, 0.2) is 18.3 Å². The quantitative estimate of drug-likeness (QED) is 0.673. The third-order valence-electron chi connectivity index (χ3n) is 2.74. The highest BCUT2D eigenvalue weighted by molar-refractivity contribution is 7.80. The van der Waals surface area contributed by atoms with Crippen molar-refractivity contribution in [3.8, 4) is 10.6 Å². The van der Waals surface area contributed by atoms with Crippen LogP contribution in [0.25, 0.3) is 10.6 Å². The van der Waals surface area contributed by atoms with Crippen LogP contribution in [-0.4, -0.2) is 21.6 Å². The van der Waals surface area contributed by atoms with Crippen LogP contribution in [0.1, 0.15) is 12.6 Å². The number of rotatable bonds is 4. The standard InChI is InChI=1S/C13H14FN3OS2/c1-7(6-19)11(18)17-12-8(2)16-13(20-12)9-4-3-5-15-10(9)14/h3-5,7,19H,6H2,1-2H3,(H,17,18).